The van der Waals surface area contributed by atoms with Crippen molar-refractivity contribution in [3.8, 4) is 5.75 Å². The molecule has 1 amide bonds. The Hall–Kier alpha value is -2.55. The standard InChI is InChI=1S/C23H30N4O2.HI/c1-4-15-29-21-12-7-6-10-20(21)17-27-23(25-5-2)26-14-13-18-9-8-11-19(16-18)22(28)24-3;/h4,6-12,16H,1,5,13-15,17H2,2-3H3,(H,24,28)(H2,25,26,27);1H. The van der Waals surface area contributed by atoms with Gasteiger partial charge in [0.05, 0.1) is 6.54 Å². The van der Waals surface area contributed by atoms with Gasteiger partial charge in [-0.3, -0.25) is 4.79 Å². The van der Waals surface area contributed by atoms with E-state index in [1.54, 1.807) is 13.1 Å². The molecule has 0 fully saturated rings. The summed E-state index contributed by atoms with van der Waals surface area (Å²) in [5, 5.41) is 9.25. The van der Waals surface area contributed by atoms with Crippen molar-refractivity contribution in [2.75, 3.05) is 26.7 Å². The SMILES string of the molecule is C=CCOc1ccccc1CN=C(NCC)NCCc1cccc(C(=O)NC)c1.I. The quantitative estimate of drug-likeness (QED) is 0.193. The van der Waals surface area contributed by atoms with E-state index in [2.05, 4.69) is 27.5 Å². The molecule has 2 rings (SSSR count). The highest BCUT2D eigenvalue weighted by molar-refractivity contribution is 14.0. The van der Waals surface area contributed by atoms with E-state index in [1.165, 1.54) is 0 Å². The van der Waals surface area contributed by atoms with Crippen LogP contribution in [-0.2, 0) is 13.0 Å². The molecular weight excluding hydrogens is 491 g/mol. The van der Waals surface area contributed by atoms with E-state index in [0.29, 0.717) is 25.3 Å². The Morgan fingerprint density at radius 1 is 1.17 bits per heavy atom. The van der Waals surface area contributed by atoms with E-state index in [1.807, 2.05) is 55.5 Å². The number of aliphatic imine (C=N–C) groups is 1. The first kappa shape index (κ1) is 25.5. The Balaban J connectivity index is 0.00000450. The third-order valence-electron chi connectivity index (χ3n) is 4.20. The molecule has 0 aliphatic rings. The predicted molar refractivity (Wildman–Crippen MR) is 134 cm³/mol. The molecule has 0 aromatic heterocycles. The number of carbonyl (C=O) groups excluding carboxylic acids is 1. The lowest BCUT2D eigenvalue weighted by Crippen LogP contribution is -2.38. The van der Waals surface area contributed by atoms with Crippen LogP contribution in [0.1, 0.15) is 28.4 Å². The van der Waals surface area contributed by atoms with Crippen LogP contribution in [0.5, 0.6) is 5.75 Å². The van der Waals surface area contributed by atoms with Crippen molar-refractivity contribution in [3.05, 3.63) is 77.9 Å². The molecular formula is C23H31IN4O2. The molecule has 0 heterocycles. The minimum atomic E-state index is -0.0768. The zero-order chi connectivity index (χ0) is 20.9. The zero-order valence-electron chi connectivity index (χ0n) is 17.6. The topological polar surface area (TPSA) is 74.8 Å². The number of ether oxygens (including phenoxy) is 1. The monoisotopic (exact) mass is 522 g/mol. The number of hydrogen-bond acceptors (Lipinski definition) is 3. The molecule has 2 aromatic carbocycles. The first-order valence-corrected chi connectivity index (χ1v) is 9.82. The van der Waals surface area contributed by atoms with Crippen molar-refractivity contribution in [2.24, 2.45) is 4.99 Å². The molecule has 0 bridgehead atoms. The summed E-state index contributed by atoms with van der Waals surface area (Å²) in [5.41, 5.74) is 2.78. The molecule has 3 N–H and O–H groups in total. The fourth-order valence-corrected chi connectivity index (χ4v) is 2.77. The Bertz CT molecular complexity index is 839. The highest BCUT2D eigenvalue weighted by atomic mass is 127. The number of hydrogen-bond donors (Lipinski definition) is 3. The summed E-state index contributed by atoms with van der Waals surface area (Å²) in [6, 6.07) is 15.5. The lowest BCUT2D eigenvalue weighted by atomic mass is 10.1. The maximum absolute atomic E-state index is 11.8. The number of nitrogens with one attached hydrogen (secondary N) is 3. The minimum Gasteiger partial charge on any atom is -0.489 e. The molecule has 0 saturated carbocycles. The molecule has 7 heteroatoms. The van der Waals surface area contributed by atoms with Gasteiger partial charge in [0, 0.05) is 31.3 Å². The first-order valence-electron chi connectivity index (χ1n) is 9.82. The Labute approximate surface area is 196 Å². The molecule has 0 spiro atoms. The molecule has 2 aromatic rings. The molecule has 0 saturated heterocycles. The third kappa shape index (κ3) is 8.44. The summed E-state index contributed by atoms with van der Waals surface area (Å²) < 4.78 is 5.70. The summed E-state index contributed by atoms with van der Waals surface area (Å²) in [6.45, 7) is 8.17. The van der Waals surface area contributed by atoms with Crippen LogP contribution >= 0.6 is 24.0 Å². The normalized spacial score (nSPS) is 10.5. The van der Waals surface area contributed by atoms with Gasteiger partial charge in [-0.2, -0.15) is 0 Å². The van der Waals surface area contributed by atoms with Crippen LogP contribution < -0.4 is 20.7 Å². The number of para-hydroxylation sites is 1. The van der Waals surface area contributed by atoms with Crippen molar-refractivity contribution in [1.29, 1.82) is 0 Å². The van der Waals surface area contributed by atoms with E-state index < -0.39 is 0 Å². The van der Waals surface area contributed by atoms with E-state index in [0.717, 1.165) is 35.8 Å². The minimum absolute atomic E-state index is 0. The van der Waals surface area contributed by atoms with Crippen LogP contribution in [-0.4, -0.2) is 38.6 Å². The Kier molecular flexibility index (Phi) is 12.3. The van der Waals surface area contributed by atoms with Gasteiger partial charge in [-0.1, -0.05) is 43.0 Å². The average Bonchev–Trinajstić information content (AvgIpc) is 2.76. The molecule has 30 heavy (non-hydrogen) atoms. The van der Waals surface area contributed by atoms with E-state index >= 15 is 0 Å². The molecule has 0 unspecified atom stereocenters. The average molecular weight is 522 g/mol. The molecule has 6 nitrogen and oxygen atoms in total. The van der Waals surface area contributed by atoms with Crippen LogP contribution in [0.4, 0.5) is 0 Å². The van der Waals surface area contributed by atoms with Crippen LogP contribution in [0.3, 0.4) is 0 Å². The fourth-order valence-electron chi connectivity index (χ4n) is 2.77. The molecule has 0 aliphatic carbocycles. The van der Waals surface area contributed by atoms with Gasteiger partial charge in [-0.25, -0.2) is 4.99 Å². The van der Waals surface area contributed by atoms with Gasteiger partial charge in [-0.15, -0.1) is 24.0 Å². The Morgan fingerprint density at radius 3 is 2.70 bits per heavy atom. The summed E-state index contributed by atoms with van der Waals surface area (Å²) in [6.07, 6.45) is 2.51. The van der Waals surface area contributed by atoms with E-state index in [-0.39, 0.29) is 29.9 Å². The van der Waals surface area contributed by atoms with Gasteiger partial charge in [-0.05, 0) is 37.1 Å². The van der Waals surface area contributed by atoms with Crippen LogP contribution in [0, 0.1) is 0 Å². The summed E-state index contributed by atoms with van der Waals surface area (Å²) in [7, 11) is 1.64. The fraction of sp³-hybridized carbons (Fsp3) is 0.304. The number of benzene rings is 2. The lowest BCUT2D eigenvalue weighted by molar-refractivity contribution is 0.0963. The van der Waals surface area contributed by atoms with Gasteiger partial charge in [0.2, 0.25) is 0 Å². The summed E-state index contributed by atoms with van der Waals surface area (Å²) in [5.74, 6) is 1.48. The maximum atomic E-state index is 11.8. The number of amides is 1. The highest BCUT2D eigenvalue weighted by Gasteiger charge is 2.05. The first-order chi connectivity index (χ1) is 14.2. The van der Waals surface area contributed by atoms with Crippen molar-refractivity contribution in [1.82, 2.24) is 16.0 Å². The molecule has 0 radical (unpaired) electrons. The highest BCUT2D eigenvalue weighted by Crippen LogP contribution is 2.18. The van der Waals surface area contributed by atoms with Crippen molar-refractivity contribution in [2.45, 2.75) is 19.9 Å². The van der Waals surface area contributed by atoms with Crippen LogP contribution in [0.25, 0.3) is 0 Å². The number of halogens is 1. The van der Waals surface area contributed by atoms with E-state index in [4.69, 9.17) is 4.74 Å². The number of guanidine groups is 1. The van der Waals surface area contributed by atoms with Gasteiger partial charge in [0.15, 0.2) is 5.96 Å². The third-order valence-corrected chi connectivity index (χ3v) is 4.20. The maximum Gasteiger partial charge on any atom is 0.251 e. The predicted octanol–water partition coefficient (Wildman–Crippen LogP) is 3.53. The van der Waals surface area contributed by atoms with Crippen molar-refractivity contribution < 1.29 is 9.53 Å². The molecule has 0 aliphatic heterocycles. The summed E-state index contributed by atoms with van der Waals surface area (Å²) in [4.78, 5) is 16.4. The summed E-state index contributed by atoms with van der Waals surface area (Å²) >= 11 is 0. The zero-order valence-corrected chi connectivity index (χ0v) is 19.9. The number of carbonyl (C=O) groups is 1. The molecule has 0 atom stereocenters. The van der Waals surface area contributed by atoms with Gasteiger partial charge in [0.1, 0.15) is 12.4 Å². The van der Waals surface area contributed by atoms with Gasteiger partial charge in [0.25, 0.3) is 5.91 Å². The van der Waals surface area contributed by atoms with Crippen LogP contribution in [0.15, 0.2) is 66.2 Å². The van der Waals surface area contributed by atoms with Gasteiger partial charge < -0.3 is 20.7 Å². The second-order valence-electron chi connectivity index (χ2n) is 6.36. The lowest BCUT2D eigenvalue weighted by Gasteiger charge is -2.13. The smallest absolute Gasteiger partial charge is 0.251 e. The Morgan fingerprint density at radius 2 is 1.97 bits per heavy atom. The second-order valence-corrected chi connectivity index (χ2v) is 6.36. The second kappa shape index (κ2) is 14.4. The van der Waals surface area contributed by atoms with Crippen LogP contribution in [0.2, 0.25) is 0 Å². The van der Waals surface area contributed by atoms with Crippen molar-refractivity contribution in [3.63, 3.8) is 0 Å². The van der Waals surface area contributed by atoms with Gasteiger partial charge >= 0.3 is 0 Å². The largest absolute Gasteiger partial charge is 0.489 e. The molecule has 162 valence electrons. The van der Waals surface area contributed by atoms with Crippen molar-refractivity contribution >= 4 is 35.8 Å². The number of rotatable bonds is 10. The number of nitrogens with zero attached hydrogens (tertiary/aromatic N) is 1. The van der Waals surface area contributed by atoms with E-state index in [9.17, 15) is 4.79 Å².